The first-order chi connectivity index (χ1) is 7.27. The first kappa shape index (κ1) is 11.9. The van der Waals surface area contributed by atoms with Crippen LogP contribution in [0.25, 0.3) is 0 Å². The van der Waals surface area contributed by atoms with E-state index in [2.05, 4.69) is 21.0 Å². The van der Waals surface area contributed by atoms with Crippen LogP contribution in [0.15, 0.2) is 25.0 Å². The van der Waals surface area contributed by atoms with E-state index in [0.29, 0.717) is 6.54 Å². The van der Waals surface area contributed by atoms with Crippen LogP contribution in [0.1, 0.15) is 5.82 Å². The third kappa shape index (κ3) is 3.85. The van der Waals surface area contributed by atoms with E-state index in [0.717, 1.165) is 25.5 Å². The van der Waals surface area contributed by atoms with E-state index in [-0.39, 0.29) is 6.61 Å². The summed E-state index contributed by atoms with van der Waals surface area (Å²) < 4.78 is 2.10. The van der Waals surface area contributed by atoms with Gasteiger partial charge in [-0.05, 0) is 6.92 Å². The normalized spacial score (nSPS) is 10.9. The Morgan fingerprint density at radius 2 is 2.40 bits per heavy atom. The molecule has 1 aromatic rings. The lowest BCUT2D eigenvalue weighted by atomic mass is 10.4. The van der Waals surface area contributed by atoms with Crippen molar-refractivity contribution in [3.8, 4) is 0 Å². The van der Waals surface area contributed by atoms with Crippen molar-refractivity contribution in [3.05, 3.63) is 30.9 Å². The van der Waals surface area contributed by atoms with E-state index < -0.39 is 0 Å². The Morgan fingerprint density at radius 3 is 2.93 bits per heavy atom. The number of aliphatic hydroxyl groups is 1. The van der Waals surface area contributed by atoms with Gasteiger partial charge in [0.15, 0.2) is 0 Å². The minimum atomic E-state index is 0.191. The molecule has 0 aliphatic heterocycles. The zero-order valence-corrected chi connectivity index (χ0v) is 9.26. The van der Waals surface area contributed by atoms with Gasteiger partial charge >= 0.3 is 0 Å². The number of nitrogens with zero attached hydrogens (tertiary/aromatic N) is 3. The van der Waals surface area contributed by atoms with Gasteiger partial charge in [-0.15, -0.1) is 6.58 Å². The van der Waals surface area contributed by atoms with Gasteiger partial charge in [0.05, 0.1) is 6.61 Å². The minimum absolute atomic E-state index is 0.191. The summed E-state index contributed by atoms with van der Waals surface area (Å²) >= 11 is 0. The van der Waals surface area contributed by atoms with Crippen molar-refractivity contribution in [2.45, 2.75) is 13.5 Å². The highest BCUT2D eigenvalue weighted by Crippen LogP contribution is 1.97. The second-order valence-corrected chi connectivity index (χ2v) is 3.48. The quantitative estimate of drug-likeness (QED) is 0.671. The smallest absolute Gasteiger partial charge is 0.105 e. The van der Waals surface area contributed by atoms with Crippen molar-refractivity contribution in [1.29, 1.82) is 0 Å². The van der Waals surface area contributed by atoms with Gasteiger partial charge in [0.1, 0.15) is 5.82 Å². The van der Waals surface area contributed by atoms with Crippen LogP contribution in [-0.4, -0.2) is 45.8 Å². The number of rotatable bonds is 7. The van der Waals surface area contributed by atoms with Crippen molar-refractivity contribution in [3.63, 3.8) is 0 Å². The van der Waals surface area contributed by atoms with Gasteiger partial charge in [-0.1, -0.05) is 6.08 Å². The van der Waals surface area contributed by atoms with Gasteiger partial charge in [-0.25, -0.2) is 4.98 Å². The third-order valence-corrected chi connectivity index (χ3v) is 2.38. The predicted molar refractivity (Wildman–Crippen MR) is 60.7 cm³/mol. The molecule has 0 spiro atoms. The monoisotopic (exact) mass is 209 g/mol. The zero-order chi connectivity index (χ0) is 11.1. The summed E-state index contributed by atoms with van der Waals surface area (Å²) in [5.74, 6) is 1.03. The Bertz CT molecular complexity index is 296. The van der Waals surface area contributed by atoms with Crippen molar-refractivity contribution in [2.75, 3.05) is 26.2 Å². The van der Waals surface area contributed by atoms with Gasteiger partial charge in [0, 0.05) is 38.6 Å². The van der Waals surface area contributed by atoms with E-state index in [1.807, 2.05) is 19.2 Å². The number of imidazole rings is 1. The summed E-state index contributed by atoms with van der Waals surface area (Å²) in [4.78, 5) is 6.32. The summed E-state index contributed by atoms with van der Waals surface area (Å²) in [6.45, 7) is 9.20. The van der Waals surface area contributed by atoms with E-state index in [1.165, 1.54) is 0 Å². The molecule has 0 fully saturated rings. The molecule has 0 aliphatic carbocycles. The molecule has 1 rings (SSSR count). The van der Waals surface area contributed by atoms with Crippen LogP contribution in [0.2, 0.25) is 0 Å². The molecule has 0 radical (unpaired) electrons. The summed E-state index contributed by atoms with van der Waals surface area (Å²) in [5.41, 5.74) is 0. The van der Waals surface area contributed by atoms with Crippen LogP contribution in [-0.2, 0) is 6.54 Å². The Balaban J connectivity index is 2.39. The van der Waals surface area contributed by atoms with Crippen LogP contribution in [0.5, 0.6) is 0 Å². The molecule has 4 heteroatoms. The van der Waals surface area contributed by atoms with E-state index in [4.69, 9.17) is 5.11 Å². The third-order valence-electron chi connectivity index (χ3n) is 2.38. The van der Waals surface area contributed by atoms with Gasteiger partial charge in [-0.3, -0.25) is 4.90 Å². The second-order valence-electron chi connectivity index (χ2n) is 3.48. The highest BCUT2D eigenvalue weighted by Gasteiger charge is 2.03. The summed E-state index contributed by atoms with van der Waals surface area (Å²) in [7, 11) is 0. The maximum absolute atomic E-state index is 8.88. The predicted octanol–water partition coefficient (Wildman–Crippen LogP) is 0.672. The van der Waals surface area contributed by atoms with E-state index in [1.54, 1.807) is 6.20 Å². The number of aryl methyl sites for hydroxylation is 1. The molecule has 1 N–H and O–H groups in total. The molecule has 1 aromatic heterocycles. The zero-order valence-electron chi connectivity index (χ0n) is 9.26. The lowest BCUT2D eigenvalue weighted by Crippen LogP contribution is -2.30. The fourth-order valence-electron chi connectivity index (χ4n) is 1.51. The largest absolute Gasteiger partial charge is 0.395 e. The van der Waals surface area contributed by atoms with Crippen molar-refractivity contribution in [2.24, 2.45) is 0 Å². The molecule has 84 valence electrons. The molecule has 0 amide bonds. The van der Waals surface area contributed by atoms with Crippen LogP contribution in [0.3, 0.4) is 0 Å². The number of aliphatic hydroxyl groups excluding tert-OH is 1. The molecule has 0 saturated carbocycles. The first-order valence-electron chi connectivity index (χ1n) is 5.19. The average Bonchev–Trinajstić information content (AvgIpc) is 2.61. The van der Waals surface area contributed by atoms with Gasteiger partial charge in [-0.2, -0.15) is 0 Å². The highest BCUT2D eigenvalue weighted by molar-refractivity contribution is 4.88. The highest BCUT2D eigenvalue weighted by atomic mass is 16.3. The SMILES string of the molecule is C=CCN(CCO)CCn1ccnc1C. The molecular formula is C11H19N3O. The molecule has 0 aromatic carbocycles. The fourth-order valence-corrected chi connectivity index (χ4v) is 1.51. The Morgan fingerprint density at radius 1 is 1.60 bits per heavy atom. The van der Waals surface area contributed by atoms with Crippen LogP contribution in [0.4, 0.5) is 0 Å². The van der Waals surface area contributed by atoms with E-state index >= 15 is 0 Å². The van der Waals surface area contributed by atoms with Crippen molar-refractivity contribution < 1.29 is 5.11 Å². The van der Waals surface area contributed by atoms with Crippen LogP contribution < -0.4 is 0 Å². The topological polar surface area (TPSA) is 41.3 Å². The fraction of sp³-hybridized carbons (Fsp3) is 0.545. The molecule has 0 aliphatic rings. The Kier molecular flexibility index (Phi) is 5.07. The lowest BCUT2D eigenvalue weighted by Gasteiger charge is -2.19. The Labute approximate surface area is 90.9 Å². The number of hydrogen-bond donors (Lipinski definition) is 1. The van der Waals surface area contributed by atoms with Gasteiger partial charge in [0.2, 0.25) is 0 Å². The minimum Gasteiger partial charge on any atom is -0.395 e. The standard InChI is InChI=1S/C11H19N3O/c1-3-5-13(9-10-15)7-8-14-6-4-12-11(14)2/h3-4,6,15H,1,5,7-10H2,2H3. The van der Waals surface area contributed by atoms with E-state index in [9.17, 15) is 0 Å². The summed E-state index contributed by atoms with van der Waals surface area (Å²) in [6.07, 6.45) is 5.63. The summed E-state index contributed by atoms with van der Waals surface area (Å²) in [6, 6.07) is 0. The molecule has 1 heterocycles. The number of hydrogen-bond acceptors (Lipinski definition) is 3. The molecule has 0 saturated heterocycles. The molecule has 0 atom stereocenters. The maximum atomic E-state index is 8.88. The van der Waals surface area contributed by atoms with Gasteiger partial charge < -0.3 is 9.67 Å². The van der Waals surface area contributed by atoms with Crippen LogP contribution in [0, 0.1) is 6.92 Å². The van der Waals surface area contributed by atoms with Crippen molar-refractivity contribution >= 4 is 0 Å². The first-order valence-corrected chi connectivity index (χ1v) is 5.19. The maximum Gasteiger partial charge on any atom is 0.105 e. The average molecular weight is 209 g/mol. The molecule has 15 heavy (non-hydrogen) atoms. The Hall–Kier alpha value is -1.13. The molecule has 0 unspecified atom stereocenters. The molecule has 0 bridgehead atoms. The van der Waals surface area contributed by atoms with Crippen LogP contribution >= 0.6 is 0 Å². The van der Waals surface area contributed by atoms with Crippen molar-refractivity contribution in [1.82, 2.24) is 14.5 Å². The molecule has 4 nitrogen and oxygen atoms in total. The number of aromatic nitrogens is 2. The van der Waals surface area contributed by atoms with Gasteiger partial charge in [0.25, 0.3) is 0 Å². The summed E-state index contributed by atoms with van der Waals surface area (Å²) in [5, 5.41) is 8.88. The molecular weight excluding hydrogens is 190 g/mol. The second kappa shape index (κ2) is 6.37. The lowest BCUT2D eigenvalue weighted by molar-refractivity contribution is 0.203.